The zero-order valence-corrected chi connectivity index (χ0v) is 12.7. The second kappa shape index (κ2) is 6.27. The molecule has 1 rings (SSSR count). The minimum Gasteiger partial charge on any atom is -0.392 e. The van der Waals surface area contributed by atoms with Crippen LogP contribution in [0.25, 0.3) is 0 Å². The van der Waals surface area contributed by atoms with Crippen molar-refractivity contribution in [2.45, 2.75) is 64.0 Å². The second-order valence-corrected chi connectivity index (χ2v) is 7.13. The number of rotatable bonds is 5. The van der Waals surface area contributed by atoms with Gasteiger partial charge in [0.25, 0.3) is 10.2 Å². The highest BCUT2D eigenvalue weighted by Gasteiger charge is 2.37. The van der Waals surface area contributed by atoms with Crippen LogP contribution in [0, 0.1) is 0 Å². The maximum absolute atomic E-state index is 12.0. The van der Waals surface area contributed by atoms with E-state index < -0.39 is 15.7 Å². The van der Waals surface area contributed by atoms with Gasteiger partial charge in [-0.1, -0.05) is 37.9 Å². The number of nitrogens with one attached hydrogen (secondary N) is 2. The zero-order valence-electron chi connectivity index (χ0n) is 11.0. The van der Waals surface area contributed by atoms with E-state index in [1.165, 1.54) is 0 Å². The fourth-order valence-corrected chi connectivity index (χ4v) is 4.16. The first-order chi connectivity index (χ1) is 8.27. The first-order valence-electron chi connectivity index (χ1n) is 6.38. The molecule has 0 bridgehead atoms. The van der Waals surface area contributed by atoms with E-state index in [0.29, 0.717) is 12.8 Å². The van der Waals surface area contributed by atoms with E-state index in [2.05, 4.69) is 9.44 Å². The lowest BCUT2D eigenvalue weighted by Gasteiger charge is -2.32. The molecule has 0 aromatic heterocycles. The highest BCUT2D eigenvalue weighted by Crippen LogP contribution is 2.28. The Bertz CT molecular complexity index is 385. The van der Waals surface area contributed by atoms with Crippen LogP contribution >= 0.6 is 12.2 Å². The summed E-state index contributed by atoms with van der Waals surface area (Å²) in [6.45, 7) is 3.56. The summed E-state index contributed by atoms with van der Waals surface area (Å²) >= 11 is 5.09. The molecule has 106 valence electrons. The molecule has 4 N–H and O–H groups in total. The van der Waals surface area contributed by atoms with Crippen LogP contribution in [-0.4, -0.2) is 25.0 Å². The molecule has 5 nitrogen and oxygen atoms in total. The van der Waals surface area contributed by atoms with Crippen molar-refractivity contribution >= 4 is 27.4 Å². The van der Waals surface area contributed by atoms with Crippen LogP contribution in [-0.2, 0) is 10.2 Å². The summed E-state index contributed by atoms with van der Waals surface area (Å²) in [6, 6.07) is -0.156. The Morgan fingerprint density at radius 1 is 1.22 bits per heavy atom. The summed E-state index contributed by atoms with van der Waals surface area (Å²) in [5.74, 6) is 0. The number of hydrogen-bond donors (Lipinski definition) is 3. The average Bonchev–Trinajstić information content (AvgIpc) is 2.41. The van der Waals surface area contributed by atoms with E-state index in [4.69, 9.17) is 18.0 Å². The van der Waals surface area contributed by atoms with Gasteiger partial charge in [-0.05, 0) is 26.7 Å². The predicted molar refractivity (Wildman–Crippen MR) is 77.5 cm³/mol. The Balaban J connectivity index is 2.88. The maximum Gasteiger partial charge on any atom is 0.278 e. The Morgan fingerprint density at radius 3 is 2.11 bits per heavy atom. The normalized spacial score (nSPS) is 20.6. The molecule has 0 aliphatic heterocycles. The van der Waals surface area contributed by atoms with Gasteiger partial charge in [0.15, 0.2) is 0 Å². The highest BCUT2D eigenvalue weighted by molar-refractivity contribution is 7.87. The fourth-order valence-electron chi connectivity index (χ4n) is 2.33. The van der Waals surface area contributed by atoms with E-state index in [0.717, 1.165) is 25.7 Å². The molecular formula is C11H23N3O2S2. The number of thiocarbonyl (C=S) groups is 1. The molecule has 1 fully saturated rings. The van der Waals surface area contributed by atoms with Crippen molar-refractivity contribution in [2.24, 2.45) is 5.73 Å². The maximum atomic E-state index is 12.0. The average molecular weight is 293 g/mol. The molecule has 0 spiro atoms. The van der Waals surface area contributed by atoms with Gasteiger partial charge in [0, 0.05) is 6.04 Å². The second-order valence-electron chi connectivity index (χ2n) is 5.24. The van der Waals surface area contributed by atoms with Gasteiger partial charge in [0.2, 0.25) is 0 Å². The molecule has 0 amide bonds. The van der Waals surface area contributed by atoms with E-state index in [-0.39, 0.29) is 11.0 Å². The number of hydrogen-bond acceptors (Lipinski definition) is 3. The third kappa shape index (κ3) is 4.46. The Kier molecular flexibility index (Phi) is 5.51. The van der Waals surface area contributed by atoms with Gasteiger partial charge in [-0.25, -0.2) is 0 Å². The molecule has 1 aliphatic rings. The molecule has 0 unspecified atom stereocenters. The molecule has 0 aromatic rings. The highest BCUT2D eigenvalue weighted by atomic mass is 32.2. The topological polar surface area (TPSA) is 84.2 Å². The van der Waals surface area contributed by atoms with Crippen molar-refractivity contribution in [3.05, 3.63) is 0 Å². The summed E-state index contributed by atoms with van der Waals surface area (Å²) in [7, 11) is -3.57. The Morgan fingerprint density at radius 2 is 1.72 bits per heavy atom. The first kappa shape index (κ1) is 15.8. The Labute approximate surface area is 115 Å². The molecule has 18 heavy (non-hydrogen) atoms. The van der Waals surface area contributed by atoms with Crippen LogP contribution in [0.15, 0.2) is 0 Å². The minimum absolute atomic E-state index is 0.156. The lowest BCUT2D eigenvalue weighted by molar-refractivity contribution is 0.434. The molecule has 0 heterocycles. The van der Waals surface area contributed by atoms with E-state index >= 15 is 0 Å². The van der Waals surface area contributed by atoms with Gasteiger partial charge in [-0.3, -0.25) is 0 Å². The largest absolute Gasteiger partial charge is 0.392 e. The number of nitrogens with two attached hydrogens (primary N) is 1. The molecule has 7 heteroatoms. The van der Waals surface area contributed by atoms with Gasteiger partial charge in [0.1, 0.15) is 0 Å². The van der Waals surface area contributed by atoms with Gasteiger partial charge in [0.05, 0.1) is 10.5 Å². The van der Waals surface area contributed by atoms with Crippen molar-refractivity contribution in [3.8, 4) is 0 Å². The Hall–Kier alpha value is -0.240. The van der Waals surface area contributed by atoms with Crippen molar-refractivity contribution in [2.75, 3.05) is 0 Å². The van der Waals surface area contributed by atoms with Crippen molar-refractivity contribution in [1.82, 2.24) is 9.44 Å². The summed E-state index contributed by atoms with van der Waals surface area (Å²) in [5, 5.41) is 0. The quantitative estimate of drug-likeness (QED) is 0.525. The molecular weight excluding hydrogens is 270 g/mol. The standard InChI is InChI=1S/C11H23N3O2S2/c1-9(2)13-18(15,16)14-11(10(12)17)7-5-3-4-6-8-11/h9,13-14H,3-8H2,1-2H3,(H2,12,17). The van der Waals surface area contributed by atoms with E-state index in [9.17, 15) is 8.42 Å². The van der Waals surface area contributed by atoms with Crippen LogP contribution < -0.4 is 15.2 Å². The first-order valence-corrected chi connectivity index (χ1v) is 8.28. The smallest absolute Gasteiger partial charge is 0.278 e. The van der Waals surface area contributed by atoms with Crippen LogP contribution in [0.2, 0.25) is 0 Å². The fraction of sp³-hybridized carbons (Fsp3) is 0.909. The summed E-state index contributed by atoms with van der Waals surface area (Å²) < 4.78 is 29.2. The molecule has 0 radical (unpaired) electrons. The molecule has 0 aromatic carbocycles. The van der Waals surface area contributed by atoms with E-state index in [1.54, 1.807) is 13.8 Å². The van der Waals surface area contributed by atoms with Crippen LogP contribution in [0.4, 0.5) is 0 Å². The molecule has 0 atom stereocenters. The van der Waals surface area contributed by atoms with Crippen LogP contribution in [0.5, 0.6) is 0 Å². The summed E-state index contributed by atoms with van der Waals surface area (Å²) in [4.78, 5) is 0.249. The monoisotopic (exact) mass is 293 g/mol. The third-order valence-corrected chi connectivity index (χ3v) is 4.98. The third-order valence-electron chi connectivity index (χ3n) is 3.15. The van der Waals surface area contributed by atoms with Crippen molar-refractivity contribution < 1.29 is 8.42 Å². The van der Waals surface area contributed by atoms with E-state index in [1.807, 2.05) is 0 Å². The van der Waals surface area contributed by atoms with Gasteiger partial charge >= 0.3 is 0 Å². The molecule has 1 aliphatic carbocycles. The summed E-state index contributed by atoms with van der Waals surface area (Å²) in [5.41, 5.74) is 5.03. The molecule has 1 saturated carbocycles. The zero-order chi connectivity index (χ0) is 13.8. The van der Waals surface area contributed by atoms with Crippen molar-refractivity contribution in [1.29, 1.82) is 0 Å². The van der Waals surface area contributed by atoms with Crippen molar-refractivity contribution in [3.63, 3.8) is 0 Å². The summed E-state index contributed by atoms with van der Waals surface area (Å²) in [6.07, 6.45) is 5.46. The minimum atomic E-state index is -3.57. The lowest BCUT2D eigenvalue weighted by Crippen LogP contribution is -2.59. The predicted octanol–water partition coefficient (Wildman–Crippen LogP) is 1.20. The van der Waals surface area contributed by atoms with Gasteiger partial charge < -0.3 is 5.73 Å². The molecule has 0 saturated heterocycles. The SMILES string of the molecule is CC(C)NS(=O)(=O)NC1(C(N)=S)CCCCCC1. The van der Waals surface area contributed by atoms with Crippen LogP contribution in [0.1, 0.15) is 52.4 Å². The lowest BCUT2D eigenvalue weighted by atomic mass is 9.91. The van der Waals surface area contributed by atoms with Crippen LogP contribution in [0.3, 0.4) is 0 Å². The van der Waals surface area contributed by atoms with Gasteiger partial charge in [-0.2, -0.15) is 17.9 Å². The van der Waals surface area contributed by atoms with Gasteiger partial charge in [-0.15, -0.1) is 0 Å².